The molecule has 1 N–H and O–H groups in total. The van der Waals surface area contributed by atoms with Gasteiger partial charge in [-0.05, 0) is 86.4 Å². The predicted molar refractivity (Wildman–Crippen MR) is 144 cm³/mol. The highest BCUT2D eigenvalue weighted by Crippen LogP contribution is 2.29. The van der Waals surface area contributed by atoms with E-state index >= 15 is 0 Å². The Bertz CT molecular complexity index is 1210. The molecule has 0 atom stereocenters. The third kappa shape index (κ3) is 6.75. The first kappa shape index (κ1) is 25.0. The fourth-order valence-electron chi connectivity index (χ4n) is 4.14. The second-order valence-electron chi connectivity index (χ2n) is 8.91. The summed E-state index contributed by atoms with van der Waals surface area (Å²) in [5.41, 5.74) is 4.45. The van der Waals surface area contributed by atoms with E-state index in [9.17, 15) is 9.59 Å². The van der Waals surface area contributed by atoms with Crippen molar-refractivity contribution in [3.63, 3.8) is 0 Å². The van der Waals surface area contributed by atoms with Gasteiger partial charge in [0.2, 0.25) is 0 Å². The van der Waals surface area contributed by atoms with Crippen molar-refractivity contribution in [3.05, 3.63) is 89.5 Å². The van der Waals surface area contributed by atoms with E-state index in [2.05, 4.69) is 10.2 Å². The number of carbonyl (C=O) groups excluding carboxylic acids is 2. The van der Waals surface area contributed by atoms with Gasteiger partial charge in [-0.3, -0.25) is 9.59 Å². The van der Waals surface area contributed by atoms with Gasteiger partial charge < -0.3 is 19.7 Å². The van der Waals surface area contributed by atoms with Crippen molar-refractivity contribution < 1.29 is 19.1 Å². The Morgan fingerprint density at radius 2 is 1.64 bits per heavy atom. The van der Waals surface area contributed by atoms with Crippen molar-refractivity contribution in [1.82, 2.24) is 0 Å². The van der Waals surface area contributed by atoms with Crippen molar-refractivity contribution in [3.8, 4) is 11.5 Å². The van der Waals surface area contributed by atoms with Crippen molar-refractivity contribution in [2.75, 3.05) is 37.0 Å². The molecule has 4 rings (SSSR count). The molecule has 6 heteroatoms. The van der Waals surface area contributed by atoms with Crippen LogP contribution in [0.4, 0.5) is 11.4 Å². The van der Waals surface area contributed by atoms with Crippen LogP contribution >= 0.6 is 0 Å². The highest BCUT2D eigenvalue weighted by Gasteiger charge is 2.12. The molecule has 0 radical (unpaired) electrons. The number of anilines is 2. The molecule has 0 saturated carbocycles. The molecule has 6 nitrogen and oxygen atoms in total. The minimum atomic E-state index is -0.262. The standard InChI is InChI=1S/C30H32N2O4/c1-22-6-12-25(13-7-22)31-30(34)21-36-28-17-9-23(20-29(28)35-2)8-16-27(33)24-10-14-26(15-11-24)32-18-4-3-5-19-32/h6-17,20H,3-5,18-19,21H2,1-2H3,(H,31,34)/b16-8+. The molecule has 0 bridgehead atoms. The minimum absolute atomic E-state index is 0.0627. The Hall–Kier alpha value is -4.06. The lowest BCUT2D eigenvalue weighted by molar-refractivity contribution is -0.118. The third-order valence-corrected chi connectivity index (χ3v) is 6.18. The zero-order valence-corrected chi connectivity index (χ0v) is 20.8. The van der Waals surface area contributed by atoms with Gasteiger partial charge in [0.1, 0.15) is 0 Å². The largest absolute Gasteiger partial charge is 0.493 e. The average molecular weight is 485 g/mol. The summed E-state index contributed by atoms with van der Waals surface area (Å²) < 4.78 is 11.1. The van der Waals surface area contributed by atoms with Crippen molar-refractivity contribution in [1.29, 1.82) is 0 Å². The first-order valence-electron chi connectivity index (χ1n) is 12.3. The van der Waals surface area contributed by atoms with Gasteiger partial charge in [0.05, 0.1) is 7.11 Å². The fraction of sp³-hybridized carbons (Fsp3) is 0.267. The molecule has 1 aliphatic rings. The highest BCUT2D eigenvalue weighted by atomic mass is 16.5. The van der Waals surface area contributed by atoms with Crippen LogP contribution in [-0.4, -0.2) is 38.5 Å². The molecule has 0 aliphatic carbocycles. The number of hydrogen-bond donors (Lipinski definition) is 1. The summed E-state index contributed by atoms with van der Waals surface area (Å²) in [5.74, 6) is 0.612. The molecule has 186 valence electrons. The van der Waals surface area contributed by atoms with Crippen molar-refractivity contribution in [2.24, 2.45) is 0 Å². The number of rotatable bonds is 9. The first-order chi connectivity index (χ1) is 17.5. The van der Waals surface area contributed by atoms with Crippen LogP contribution in [0.3, 0.4) is 0 Å². The average Bonchev–Trinajstić information content (AvgIpc) is 2.92. The van der Waals surface area contributed by atoms with E-state index in [0.717, 1.165) is 24.2 Å². The molecule has 3 aromatic carbocycles. The molecule has 1 aliphatic heterocycles. The Morgan fingerprint density at radius 1 is 0.917 bits per heavy atom. The van der Waals surface area contributed by atoms with Crippen LogP contribution in [0.1, 0.15) is 40.7 Å². The number of hydrogen-bond acceptors (Lipinski definition) is 5. The number of benzene rings is 3. The van der Waals surface area contributed by atoms with Gasteiger partial charge in [0.25, 0.3) is 5.91 Å². The van der Waals surface area contributed by atoms with Crippen molar-refractivity contribution in [2.45, 2.75) is 26.2 Å². The van der Waals surface area contributed by atoms with E-state index < -0.39 is 0 Å². The van der Waals surface area contributed by atoms with E-state index in [1.807, 2.05) is 61.5 Å². The number of allylic oxidation sites excluding steroid dienone is 1. The number of nitrogens with one attached hydrogen (secondary N) is 1. The lowest BCUT2D eigenvalue weighted by Crippen LogP contribution is -2.29. The van der Waals surface area contributed by atoms with Gasteiger partial charge in [0, 0.05) is 30.0 Å². The lowest BCUT2D eigenvalue weighted by atomic mass is 10.1. The number of nitrogens with zero attached hydrogens (tertiary/aromatic N) is 1. The summed E-state index contributed by atoms with van der Waals surface area (Å²) in [7, 11) is 1.54. The number of ketones is 1. The summed E-state index contributed by atoms with van der Waals surface area (Å²) in [6.45, 7) is 3.99. The van der Waals surface area contributed by atoms with E-state index in [1.54, 1.807) is 24.3 Å². The summed E-state index contributed by atoms with van der Waals surface area (Å²) in [6.07, 6.45) is 7.03. The normalized spacial score (nSPS) is 13.4. The van der Waals surface area contributed by atoms with Gasteiger partial charge in [0.15, 0.2) is 23.9 Å². The Labute approximate surface area is 212 Å². The van der Waals surface area contributed by atoms with E-state index in [0.29, 0.717) is 22.7 Å². The molecule has 0 unspecified atom stereocenters. The van der Waals surface area contributed by atoms with E-state index in [-0.39, 0.29) is 18.3 Å². The highest BCUT2D eigenvalue weighted by molar-refractivity contribution is 6.07. The Morgan fingerprint density at radius 3 is 2.33 bits per heavy atom. The maximum Gasteiger partial charge on any atom is 0.262 e. The summed E-state index contributed by atoms with van der Waals surface area (Å²) in [6, 6.07) is 20.7. The quantitative estimate of drug-likeness (QED) is 0.302. The predicted octanol–water partition coefficient (Wildman–Crippen LogP) is 5.91. The van der Waals surface area contributed by atoms with Gasteiger partial charge >= 0.3 is 0 Å². The second-order valence-corrected chi connectivity index (χ2v) is 8.91. The Kier molecular flexibility index (Phi) is 8.40. The maximum absolute atomic E-state index is 12.7. The lowest BCUT2D eigenvalue weighted by Gasteiger charge is -2.28. The number of ether oxygens (including phenoxy) is 2. The molecular weight excluding hydrogens is 452 g/mol. The Balaban J connectivity index is 1.33. The number of piperidine rings is 1. The molecule has 1 amide bonds. The van der Waals surface area contributed by atoms with Crippen LogP contribution in [0.25, 0.3) is 6.08 Å². The molecule has 1 heterocycles. The topological polar surface area (TPSA) is 67.9 Å². The zero-order valence-electron chi connectivity index (χ0n) is 20.8. The van der Waals surface area contributed by atoms with Gasteiger partial charge in [-0.2, -0.15) is 0 Å². The van der Waals surface area contributed by atoms with Crippen LogP contribution in [0.5, 0.6) is 11.5 Å². The molecule has 0 aromatic heterocycles. The van der Waals surface area contributed by atoms with E-state index in [1.165, 1.54) is 32.1 Å². The zero-order chi connectivity index (χ0) is 25.3. The molecule has 1 fully saturated rings. The van der Waals surface area contributed by atoms with Crippen LogP contribution in [0.2, 0.25) is 0 Å². The van der Waals surface area contributed by atoms with Crippen LogP contribution in [-0.2, 0) is 4.79 Å². The third-order valence-electron chi connectivity index (χ3n) is 6.18. The van der Waals surface area contributed by atoms with E-state index in [4.69, 9.17) is 9.47 Å². The number of amides is 1. The van der Waals surface area contributed by atoms with Gasteiger partial charge in [-0.15, -0.1) is 0 Å². The van der Waals surface area contributed by atoms with Crippen LogP contribution in [0.15, 0.2) is 72.8 Å². The molecular formula is C30H32N2O4. The number of aryl methyl sites for hydroxylation is 1. The SMILES string of the molecule is COc1cc(/C=C/C(=O)c2ccc(N3CCCCC3)cc2)ccc1OCC(=O)Nc1ccc(C)cc1. The second kappa shape index (κ2) is 12.1. The monoisotopic (exact) mass is 484 g/mol. The number of methoxy groups -OCH3 is 1. The minimum Gasteiger partial charge on any atom is -0.493 e. The fourth-order valence-corrected chi connectivity index (χ4v) is 4.14. The summed E-state index contributed by atoms with van der Waals surface area (Å²) in [5, 5.41) is 2.80. The summed E-state index contributed by atoms with van der Waals surface area (Å²) >= 11 is 0. The summed E-state index contributed by atoms with van der Waals surface area (Å²) in [4.78, 5) is 27.3. The van der Waals surface area contributed by atoms with Crippen molar-refractivity contribution >= 4 is 29.1 Å². The maximum atomic E-state index is 12.7. The van der Waals surface area contributed by atoms with Gasteiger partial charge in [-0.25, -0.2) is 0 Å². The smallest absolute Gasteiger partial charge is 0.262 e. The molecule has 36 heavy (non-hydrogen) atoms. The molecule has 3 aromatic rings. The number of carbonyl (C=O) groups is 2. The van der Waals surface area contributed by atoms with Crippen LogP contribution < -0.4 is 19.7 Å². The van der Waals surface area contributed by atoms with Crippen LogP contribution in [0, 0.1) is 6.92 Å². The molecule has 1 saturated heterocycles. The molecule has 0 spiro atoms. The van der Waals surface area contributed by atoms with Gasteiger partial charge in [-0.1, -0.05) is 29.8 Å². The first-order valence-corrected chi connectivity index (χ1v) is 12.3.